The van der Waals surface area contributed by atoms with Gasteiger partial charge in [0.1, 0.15) is 13.2 Å². The van der Waals surface area contributed by atoms with Crippen LogP contribution in [-0.4, -0.2) is 37.4 Å². The van der Waals surface area contributed by atoms with Crippen molar-refractivity contribution in [3.05, 3.63) is 102 Å². The molecular formula is C28H25N2NaO6. The number of carbonyl (C=O) groups excluding carboxylic acids is 3. The van der Waals surface area contributed by atoms with Crippen molar-refractivity contribution in [2.75, 3.05) is 18.5 Å². The van der Waals surface area contributed by atoms with E-state index in [1.54, 1.807) is 24.3 Å². The third-order valence-corrected chi connectivity index (χ3v) is 5.89. The van der Waals surface area contributed by atoms with E-state index in [1.807, 2.05) is 48.5 Å². The Bertz CT molecular complexity index is 1230. The van der Waals surface area contributed by atoms with Gasteiger partial charge < -0.3 is 24.7 Å². The standard InChI is InChI=1S/C28H26N2O6.Na/c1-2-15-35-27(33)29-19-13-11-18(12-14-19)16-25(26(31)32)30-28(34)36-17-24-22-9-5-3-7-20(22)21-8-4-6-10-23(21)24;/h2-14,24-25H,1,15-17H2,(H,29,33)(H,30,34)(H,31,32);/q;+1/p-1/t25-;/m0./s1. The maximum Gasteiger partial charge on any atom is 1.00 e. The summed E-state index contributed by atoms with van der Waals surface area (Å²) in [4.78, 5) is 35.8. The van der Waals surface area contributed by atoms with E-state index in [9.17, 15) is 19.5 Å². The molecule has 0 aromatic heterocycles. The number of nitrogens with one attached hydrogen (secondary N) is 2. The normalized spacial score (nSPS) is 12.2. The molecule has 0 saturated heterocycles. The number of rotatable bonds is 9. The topological polar surface area (TPSA) is 117 Å². The number of alkyl carbamates (subject to hydrolysis) is 1. The summed E-state index contributed by atoms with van der Waals surface area (Å²) >= 11 is 0. The molecule has 3 aromatic carbocycles. The van der Waals surface area contributed by atoms with Gasteiger partial charge >= 0.3 is 41.7 Å². The Morgan fingerprint density at radius 2 is 1.49 bits per heavy atom. The summed E-state index contributed by atoms with van der Waals surface area (Å²) in [5, 5.41) is 16.6. The van der Waals surface area contributed by atoms with E-state index in [-0.39, 0.29) is 55.1 Å². The smallest absolute Gasteiger partial charge is 0.548 e. The Balaban J connectivity index is 0.00000380. The average molecular weight is 509 g/mol. The number of benzene rings is 3. The van der Waals surface area contributed by atoms with Crippen LogP contribution in [0.3, 0.4) is 0 Å². The number of carboxylic acids is 1. The number of aliphatic carboxylic acids is 1. The van der Waals surface area contributed by atoms with Gasteiger partial charge in [-0.2, -0.15) is 0 Å². The second-order valence-electron chi connectivity index (χ2n) is 8.25. The number of anilines is 1. The molecule has 1 aliphatic rings. The first-order valence-electron chi connectivity index (χ1n) is 11.4. The predicted octanol–water partition coefficient (Wildman–Crippen LogP) is 0.625. The van der Waals surface area contributed by atoms with Crippen molar-refractivity contribution < 1.29 is 58.5 Å². The van der Waals surface area contributed by atoms with Gasteiger partial charge in [-0.3, -0.25) is 5.32 Å². The summed E-state index contributed by atoms with van der Waals surface area (Å²) in [7, 11) is 0. The van der Waals surface area contributed by atoms with Gasteiger partial charge in [-0.1, -0.05) is 73.3 Å². The summed E-state index contributed by atoms with van der Waals surface area (Å²) in [6.45, 7) is 3.62. The van der Waals surface area contributed by atoms with Crippen LogP contribution in [0, 0.1) is 0 Å². The van der Waals surface area contributed by atoms with Gasteiger partial charge in [0, 0.05) is 11.6 Å². The summed E-state index contributed by atoms with van der Waals surface area (Å²) in [6.07, 6.45) is -0.0402. The minimum absolute atomic E-state index is 0. The summed E-state index contributed by atoms with van der Waals surface area (Å²) in [6, 6.07) is 21.1. The van der Waals surface area contributed by atoms with Crippen LogP contribution in [0.25, 0.3) is 11.1 Å². The Hall–Kier alpha value is -3.59. The van der Waals surface area contributed by atoms with Gasteiger partial charge in [-0.25, -0.2) is 9.59 Å². The molecule has 0 saturated carbocycles. The number of ether oxygens (including phenoxy) is 2. The van der Waals surface area contributed by atoms with Crippen molar-refractivity contribution in [1.29, 1.82) is 0 Å². The number of fused-ring (bicyclic) bond motifs is 3. The van der Waals surface area contributed by atoms with Crippen LogP contribution >= 0.6 is 0 Å². The van der Waals surface area contributed by atoms with Crippen molar-refractivity contribution in [3.63, 3.8) is 0 Å². The first-order chi connectivity index (χ1) is 17.5. The van der Waals surface area contributed by atoms with Crippen molar-refractivity contribution in [2.45, 2.75) is 18.4 Å². The number of hydrogen-bond acceptors (Lipinski definition) is 6. The summed E-state index contributed by atoms with van der Waals surface area (Å²) in [5.74, 6) is -1.57. The fraction of sp³-hybridized carbons (Fsp3) is 0.179. The first-order valence-corrected chi connectivity index (χ1v) is 11.4. The van der Waals surface area contributed by atoms with Crippen molar-refractivity contribution in [1.82, 2.24) is 5.32 Å². The molecule has 0 bridgehead atoms. The van der Waals surface area contributed by atoms with Crippen LogP contribution in [0.5, 0.6) is 0 Å². The number of amides is 2. The van der Waals surface area contributed by atoms with E-state index < -0.39 is 24.2 Å². The fourth-order valence-corrected chi connectivity index (χ4v) is 4.22. The van der Waals surface area contributed by atoms with E-state index >= 15 is 0 Å². The molecule has 4 rings (SSSR count). The minimum atomic E-state index is -1.43. The first kappa shape index (κ1) is 28.0. The maximum absolute atomic E-state index is 12.5. The van der Waals surface area contributed by atoms with Gasteiger partial charge in [0.15, 0.2) is 0 Å². The van der Waals surface area contributed by atoms with Crippen molar-refractivity contribution in [3.8, 4) is 11.1 Å². The molecule has 1 aliphatic carbocycles. The minimum Gasteiger partial charge on any atom is -0.548 e. The molecule has 9 heteroatoms. The number of carboxylic acid groups (broad SMARTS) is 1. The molecular weight excluding hydrogens is 483 g/mol. The summed E-state index contributed by atoms with van der Waals surface area (Å²) < 4.78 is 10.3. The average Bonchev–Trinajstić information content (AvgIpc) is 3.20. The van der Waals surface area contributed by atoms with Crippen LogP contribution in [0.2, 0.25) is 0 Å². The monoisotopic (exact) mass is 508 g/mol. The van der Waals surface area contributed by atoms with E-state index in [1.165, 1.54) is 6.08 Å². The molecule has 37 heavy (non-hydrogen) atoms. The van der Waals surface area contributed by atoms with Crippen molar-refractivity contribution in [2.24, 2.45) is 0 Å². The van der Waals surface area contributed by atoms with Crippen LogP contribution in [0.15, 0.2) is 85.5 Å². The Morgan fingerprint density at radius 3 is 2.05 bits per heavy atom. The van der Waals surface area contributed by atoms with Gasteiger partial charge in [0.05, 0.1) is 12.0 Å². The molecule has 0 radical (unpaired) electrons. The zero-order chi connectivity index (χ0) is 25.5. The quantitative estimate of drug-likeness (QED) is 0.324. The zero-order valence-electron chi connectivity index (χ0n) is 20.4. The van der Waals surface area contributed by atoms with Gasteiger partial charge in [-0.15, -0.1) is 0 Å². The van der Waals surface area contributed by atoms with E-state index in [0.29, 0.717) is 11.3 Å². The van der Waals surface area contributed by atoms with Crippen LogP contribution in [0.1, 0.15) is 22.6 Å². The number of hydrogen-bond donors (Lipinski definition) is 2. The molecule has 3 aromatic rings. The fourth-order valence-electron chi connectivity index (χ4n) is 4.22. The second kappa shape index (κ2) is 13.1. The molecule has 0 aliphatic heterocycles. The molecule has 8 nitrogen and oxygen atoms in total. The third kappa shape index (κ3) is 7.01. The van der Waals surface area contributed by atoms with Gasteiger partial charge in [-0.05, 0) is 46.4 Å². The van der Waals surface area contributed by atoms with Crippen LogP contribution < -0.4 is 45.3 Å². The summed E-state index contributed by atoms with van der Waals surface area (Å²) in [5.41, 5.74) is 5.41. The van der Waals surface area contributed by atoms with E-state index in [4.69, 9.17) is 9.47 Å². The Morgan fingerprint density at radius 1 is 0.892 bits per heavy atom. The maximum atomic E-state index is 12.5. The van der Waals surface area contributed by atoms with E-state index in [2.05, 4.69) is 17.2 Å². The largest absolute Gasteiger partial charge is 1.00 e. The predicted molar refractivity (Wildman–Crippen MR) is 132 cm³/mol. The molecule has 184 valence electrons. The molecule has 0 unspecified atom stereocenters. The van der Waals surface area contributed by atoms with Crippen molar-refractivity contribution >= 4 is 23.8 Å². The molecule has 0 spiro atoms. The number of carbonyl (C=O) groups is 3. The van der Waals surface area contributed by atoms with E-state index in [0.717, 1.165) is 22.3 Å². The van der Waals surface area contributed by atoms with Crippen LogP contribution in [0.4, 0.5) is 15.3 Å². The molecule has 0 fully saturated rings. The third-order valence-electron chi connectivity index (χ3n) is 5.89. The SMILES string of the molecule is C=CCOC(=O)Nc1ccc(C[C@H](NC(=O)OCC2c3ccccc3-c3ccccc32)C(=O)[O-])cc1.[Na+]. The second-order valence-corrected chi connectivity index (χ2v) is 8.25. The molecule has 0 heterocycles. The Labute approximate surface area is 237 Å². The molecule has 2 N–H and O–H groups in total. The van der Waals surface area contributed by atoms with Crippen LogP contribution in [-0.2, 0) is 20.7 Å². The van der Waals surface area contributed by atoms with Gasteiger partial charge in [0.25, 0.3) is 0 Å². The molecule has 1 atom stereocenters. The van der Waals surface area contributed by atoms with Gasteiger partial charge in [0.2, 0.25) is 0 Å². The Kier molecular flexibility index (Phi) is 9.91. The zero-order valence-corrected chi connectivity index (χ0v) is 22.4. The molecule has 2 amide bonds.